The van der Waals surface area contributed by atoms with Crippen molar-refractivity contribution in [2.24, 2.45) is 11.3 Å². The lowest BCUT2D eigenvalue weighted by Gasteiger charge is -2.09. The number of hydrogen-bond donors (Lipinski definition) is 2. The molecule has 1 fully saturated rings. The second-order valence-corrected chi connectivity index (χ2v) is 2.78. The van der Waals surface area contributed by atoms with E-state index in [1.54, 1.807) is 0 Å². The summed E-state index contributed by atoms with van der Waals surface area (Å²) in [5.74, 6) is 4.90. The molecule has 0 aromatic carbocycles. The molecular formula is C6H13NO2. The zero-order chi connectivity index (χ0) is 6.74. The molecule has 0 aromatic rings. The van der Waals surface area contributed by atoms with Gasteiger partial charge in [-0.05, 0) is 24.7 Å². The highest BCUT2D eigenvalue weighted by Gasteiger charge is 2.41. The minimum atomic E-state index is 0.253. The van der Waals surface area contributed by atoms with Crippen LogP contribution in [-0.2, 0) is 4.84 Å². The van der Waals surface area contributed by atoms with Crippen LogP contribution >= 0.6 is 0 Å². The number of aliphatic hydroxyl groups excluding tert-OH is 1. The van der Waals surface area contributed by atoms with Gasteiger partial charge in [-0.3, -0.25) is 0 Å². The molecule has 1 saturated carbocycles. The molecule has 0 aromatic heterocycles. The van der Waals surface area contributed by atoms with E-state index >= 15 is 0 Å². The van der Waals surface area contributed by atoms with Crippen molar-refractivity contribution in [1.82, 2.24) is 0 Å². The first-order valence-corrected chi connectivity index (χ1v) is 3.25. The van der Waals surface area contributed by atoms with Gasteiger partial charge >= 0.3 is 0 Å². The molecule has 0 saturated heterocycles. The van der Waals surface area contributed by atoms with Crippen LogP contribution in [0.15, 0.2) is 0 Å². The van der Waals surface area contributed by atoms with Crippen molar-refractivity contribution in [1.29, 1.82) is 0 Å². The molecule has 0 spiro atoms. The molecule has 54 valence electrons. The molecule has 0 atom stereocenters. The van der Waals surface area contributed by atoms with E-state index in [1.165, 1.54) is 0 Å². The fourth-order valence-corrected chi connectivity index (χ4v) is 1.06. The molecular weight excluding hydrogens is 118 g/mol. The largest absolute Gasteiger partial charge is 0.396 e. The van der Waals surface area contributed by atoms with Crippen molar-refractivity contribution >= 4 is 0 Å². The Bertz CT molecular complexity index is 83.1. The van der Waals surface area contributed by atoms with Crippen LogP contribution in [0, 0.1) is 5.41 Å². The molecule has 0 aliphatic heterocycles. The fourth-order valence-electron chi connectivity index (χ4n) is 1.06. The third-order valence-corrected chi connectivity index (χ3v) is 1.99. The summed E-state index contributed by atoms with van der Waals surface area (Å²) in [6, 6.07) is 0. The minimum Gasteiger partial charge on any atom is -0.396 e. The Morgan fingerprint density at radius 1 is 1.56 bits per heavy atom. The lowest BCUT2D eigenvalue weighted by molar-refractivity contribution is 0.0790. The van der Waals surface area contributed by atoms with Crippen LogP contribution < -0.4 is 5.90 Å². The zero-order valence-corrected chi connectivity index (χ0v) is 5.47. The summed E-state index contributed by atoms with van der Waals surface area (Å²) in [6.07, 6.45) is 3.15. The monoisotopic (exact) mass is 131 g/mol. The molecule has 0 bridgehead atoms. The number of nitrogens with two attached hydrogens (primary N) is 1. The smallest absolute Gasteiger partial charge is 0.0736 e. The first-order valence-electron chi connectivity index (χ1n) is 3.25. The van der Waals surface area contributed by atoms with E-state index in [-0.39, 0.29) is 12.0 Å². The lowest BCUT2D eigenvalue weighted by atomic mass is 10.1. The highest BCUT2D eigenvalue weighted by molar-refractivity contribution is 4.92. The van der Waals surface area contributed by atoms with E-state index in [4.69, 9.17) is 11.0 Å². The Morgan fingerprint density at radius 3 is 2.56 bits per heavy atom. The topological polar surface area (TPSA) is 55.5 Å². The first-order chi connectivity index (χ1) is 4.33. The van der Waals surface area contributed by atoms with E-state index in [9.17, 15) is 0 Å². The fraction of sp³-hybridized carbons (Fsp3) is 1.00. The van der Waals surface area contributed by atoms with Crippen molar-refractivity contribution in [2.45, 2.75) is 19.3 Å². The van der Waals surface area contributed by atoms with E-state index < -0.39 is 0 Å². The Balaban J connectivity index is 2.17. The van der Waals surface area contributed by atoms with Gasteiger partial charge in [0.1, 0.15) is 0 Å². The molecule has 1 rings (SSSR count). The van der Waals surface area contributed by atoms with Crippen molar-refractivity contribution in [3.63, 3.8) is 0 Å². The highest BCUT2D eigenvalue weighted by Crippen LogP contribution is 2.48. The number of rotatable bonds is 4. The van der Waals surface area contributed by atoms with Crippen LogP contribution in [0.2, 0.25) is 0 Å². The van der Waals surface area contributed by atoms with Gasteiger partial charge in [-0.15, -0.1) is 0 Å². The maximum atomic E-state index is 8.57. The van der Waals surface area contributed by atoms with Gasteiger partial charge < -0.3 is 9.94 Å². The Hall–Kier alpha value is -0.120. The van der Waals surface area contributed by atoms with Gasteiger partial charge in [-0.1, -0.05) is 0 Å². The maximum Gasteiger partial charge on any atom is 0.0736 e. The molecule has 0 amide bonds. The summed E-state index contributed by atoms with van der Waals surface area (Å²) in [4.78, 5) is 4.51. The lowest BCUT2D eigenvalue weighted by Crippen LogP contribution is -2.15. The van der Waals surface area contributed by atoms with E-state index in [0.717, 1.165) is 19.3 Å². The summed E-state index contributed by atoms with van der Waals surface area (Å²) in [5.41, 5.74) is 0.253. The van der Waals surface area contributed by atoms with Gasteiger partial charge in [0.25, 0.3) is 0 Å². The SMILES string of the molecule is NOCC1(CCO)CC1. The van der Waals surface area contributed by atoms with Gasteiger partial charge in [0.15, 0.2) is 0 Å². The van der Waals surface area contributed by atoms with Crippen molar-refractivity contribution in [2.75, 3.05) is 13.2 Å². The summed E-state index contributed by atoms with van der Waals surface area (Å²) in [6.45, 7) is 0.858. The molecule has 3 heteroatoms. The molecule has 3 nitrogen and oxygen atoms in total. The third kappa shape index (κ3) is 1.64. The summed E-state index contributed by atoms with van der Waals surface area (Å²) < 4.78 is 0. The third-order valence-electron chi connectivity index (χ3n) is 1.99. The predicted octanol–water partition coefficient (Wildman–Crippen LogP) is 0.0393. The van der Waals surface area contributed by atoms with Crippen LogP contribution in [0.4, 0.5) is 0 Å². The average molecular weight is 131 g/mol. The van der Waals surface area contributed by atoms with Crippen LogP contribution in [0.25, 0.3) is 0 Å². The predicted molar refractivity (Wildman–Crippen MR) is 33.5 cm³/mol. The van der Waals surface area contributed by atoms with Gasteiger partial charge in [0, 0.05) is 6.61 Å². The molecule has 1 aliphatic rings. The van der Waals surface area contributed by atoms with Gasteiger partial charge in [-0.2, -0.15) is 0 Å². The van der Waals surface area contributed by atoms with Crippen molar-refractivity contribution in [3.8, 4) is 0 Å². The average Bonchev–Trinajstić information content (AvgIpc) is 2.51. The summed E-state index contributed by atoms with van der Waals surface area (Å²) in [7, 11) is 0. The normalized spacial score (nSPS) is 22.0. The molecule has 0 radical (unpaired) electrons. The second kappa shape index (κ2) is 2.64. The van der Waals surface area contributed by atoms with Crippen LogP contribution in [-0.4, -0.2) is 18.3 Å². The highest BCUT2D eigenvalue weighted by atomic mass is 16.6. The minimum absolute atomic E-state index is 0.253. The van der Waals surface area contributed by atoms with E-state index in [2.05, 4.69) is 4.84 Å². The Kier molecular flexibility index (Phi) is 2.05. The van der Waals surface area contributed by atoms with Crippen LogP contribution in [0.3, 0.4) is 0 Å². The first kappa shape index (κ1) is 6.99. The van der Waals surface area contributed by atoms with E-state index in [0.29, 0.717) is 6.61 Å². The second-order valence-electron chi connectivity index (χ2n) is 2.78. The van der Waals surface area contributed by atoms with Crippen LogP contribution in [0.5, 0.6) is 0 Å². The molecule has 9 heavy (non-hydrogen) atoms. The molecule has 1 aliphatic carbocycles. The number of hydrogen-bond acceptors (Lipinski definition) is 3. The molecule has 0 unspecified atom stereocenters. The summed E-state index contributed by atoms with van der Waals surface area (Å²) >= 11 is 0. The van der Waals surface area contributed by atoms with Crippen molar-refractivity contribution in [3.05, 3.63) is 0 Å². The maximum absolute atomic E-state index is 8.57. The Labute approximate surface area is 54.8 Å². The van der Waals surface area contributed by atoms with Gasteiger partial charge in [0.05, 0.1) is 6.61 Å². The van der Waals surface area contributed by atoms with Crippen LogP contribution in [0.1, 0.15) is 19.3 Å². The quantitative estimate of drug-likeness (QED) is 0.529. The summed E-state index contributed by atoms with van der Waals surface area (Å²) in [5, 5.41) is 8.57. The Morgan fingerprint density at radius 2 is 2.22 bits per heavy atom. The van der Waals surface area contributed by atoms with Gasteiger partial charge in [-0.25, -0.2) is 5.90 Å². The number of aliphatic hydroxyl groups is 1. The molecule has 3 N–H and O–H groups in total. The standard InChI is InChI=1S/C6H13NO2/c7-9-5-6(1-2-6)3-4-8/h8H,1-5,7H2. The zero-order valence-electron chi connectivity index (χ0n) is 5.47. The van der Waals surface area contributed by atoms with E-state index in [1.807, 2.05) is 0 Å². The van der Waals surface area contributed by atoms with Crippen molar-refractivity contribution < 1.29 is 9.94 Å². The molecule has 0 heterocycles. The van der Waals surface area contributed by atoms with Gasteiger partial charge in [0.2, 0.25) is 0 Å².